The van der Waals surface area contributed by atoms with Crippen LogP contribution in [0.3, 0.4) is 0 Å². The highest BCUT2D eigenvalue weighted by Gasteiger charge is 2.39. The molecule has 0 aliphatic carbocycles. The number of hydrogen-bond acceptors (Lipinski definition) is 4. The first-order valence-corrected chi connectivity index (χ1v) is 12.8. The first-order valence-electron chi connectivity index (χ1n) is 11.9. The predicted molar refractivity (Wildman–Crippen MR) is 149 cm³/mol. The minimum atomic E-state index is -0.533. The van der Waals surface area contributed by atoms with E-state index >= 15 is 0 Å². The van der Waals surface area contributed by atoms with Gasteiger partial charge in [-0.05, 0) is 54.1 Å². The molecule has 1 N–H and O–H groups in total. The molecule has 0 radical (unpaired) electrons. The molecule has 4 aromatic rings. The highest BCUT2D eigenvalue weighted by Crippen LogP contribution is 2.34. The van der Waals surface area contributed by atoms with Crippen LogP contribution in [0.15, 0.2) is 96.0 Å². The molecular weight excluding hydrogens is 466 g/mol. The van der Waals surface area contributed by atoms with Crippen LogP contribution in [0.1, 0.15) is 23.1 Å². The first kappa shape index (κ1) is 23.8. The van der Waals surface area contributed by atoms with E-state index in [2.05, 4.69) is 12.2 Å². The van der Waals surface area contributed by atoms with Crippen molar-refractivity contribution in [2.24, 2.45) is 4.99 Å². The van der Waals surface area contributed by atoms with Gasteiger partial charge in [-0.2, -0.15) is 0 Å². The largest absolute Gasteiger partial charge is 0.325 e. The lowest BCUT2D eigenvalue weighted by molar-refractivity contribution is -0.128. The van der Waals surface area contributed by atoms with E-state index in [-0.39, 0.29) is 18.2 Å². The molecule has 36 heavy (non-hydrogen) atoms. The third kappa shape index (κ3) is 5.19. The highest BCUT2D eigenvalue weighted by molar-refractivity contribution is 8.15. The second-order valence-corrected chi connectivity index (χ2v) is 10.1. The van der Waals surface area contributed by atoms with Crippen molar-refractivity contribution in [1.82, 2.24) is 4.90 Å². The van der Waals surface area contributed by atoms with E-state index in [0.717, 1.165) is 33.3 Å². The smallest absolute Gasteiger partial charge is 0.242 e. The van der Waals surface area contributed by atoms with Gasteiger partial charge in [0.05, 0.1) is 12.2 Å². The van der Waals surface area contributed by atoms with Crippen molar-refractivity contribution >= 4 is 50.9 Å². The van der Waals surface area contributed by atoms with Crippen LogP contribution in [-0.2, 0) is 16.1 Å². The number of carbonyl (C=O) groups excluding carboxylic acids is 2. The summed E-state index contributed by atoms with van der Waals surface area (Å²) in [6.45, 7) is 4.53. The molecule has 1 heterocycles. The Bertz CT molecular complexity index is 1460. The molecule has 180 valence electrons. The molecule has 1 fully saturated rings. The van der Waals surface area contributed by atoms with Crippen LogP contribution in [0.5, 0.6) is 0 Å². The Hall–Kier alpha value is -3.90. The van der Waals surface area contributed by atoms with E-state index < -0.39 is 5.25 Å². The minimum absolute atomic E-state index is 0.0734. The van der Waals surface area contributed by atoms with Crippen molar-refractivity contribution in [3.8, 4) is 0 Å². The van der Waals surface area contributed by atoms with E-state index in [9.17, 15) is 9.59 Å². The molecule has 0 saturated carbocycles. The summed E-state index contributed by atoms with van der Waals surface area (Å²) in [7, 11) is 0. The SMILES string of the molecule is Cc1ccc(N=C2SC(CC(=O)Nc3cccc4ccccc34)C(=O)N2Cc2ccccc2)cc1C. The summed E-state index contributed by atoms with van der Waals surface area (Å²) in [6, 6.07) is 29.6. The van der Waals surface area contributed by atoms with Gasteiger partial charge in [0.25, 0.3) is 0 Å². The number of thioether (sulfide) groups is 1. The number of amides is 2. The third-order valence-electron chi connectivity index (χ3n) is 6.35. The van der Waals surface area contributed by atoms with Crippen molar-refractivity contribution in [3.63, 3.8) is 0 Å². The van der Waals surface area contributed by atoms with Crippen LogP contribution in [-0.4, -0.2) is 27.1 Å². The van der Waals surface area contributed by atoms with Gasteiger partial charge in [-0.3, -0.25) is 14.5 Å². The Morgan fingerprint density at radius 3 is 2.47 bits per heavy atom. The molecular formula is C30H27N3O2S. The van der Waals surface area contributed by atoms with Gasteiger partial charge in [0.1, 0.15) is 5.25 Å². The molecule has 1 saturated heterocycles. The molecule has 5 nitrogen and oxygen atoms in total. The molecule has 0 bridgehead atoms. The summed E-state index contributed by atoms with van der Waals surface area (Å²) in [6.07, 6.45) is 0.0734. The van der Waals surface area contributed by atoms with Crippen molar-refractivity contribution in [3.05, 3.63) is 108 Å². The topological polar surface area (TPSA) is 61.8 Å². The van der Waals surface area contributed by atoms with Crippen LogP contribution < -0.4 is 5.32 Å². The normalized spacial score (nSPS) is 16.6. The Morgan fingerprint density at radius 1 is 0.917 bits per heavy atom. The summed E-state index contributed by atoms with van der Waals surface area (Å²) < 4.78 is 0. The fourth-order valence-electron chi connectivity index (χ4n) is 4.25. The number of nitrogens with one attached hydrogen (secondary N) is 1. The second kappa shape index (κ2) is 10.4. The molecule has 6 heteroatoms. The highest BCUT2D eigenvalue weighted by atomic mass is 32.2. The fraction of sp³-hybridized carbons (Fsp3) is 0.167. The maximum atomic E-state index is 13.5. The number of aryl methyl sites for hydroxylation is 2. The van der Waals surface area contributed by atoms with Crippen LogP contribution in [0.25, 0.3) is 10.8 Å². The number of aliphatic imine (C=N–C) groups is 1. The molecule has 1 unspecified atom stereocenters. The maximum absolute atomic E-state index is 13.5. The summed E-state index contributed by atoms with van der Waals surface area (Å²) in [4.78, 5) is 33.0. The van der Waals surface area contributed by atoms with Gasteiger partial charge in [-0.1, -0.05) is 84.6 Å². The zero-order valence-corrected chi connectivity index (χ0v) is 21.1. The number of nitrogens with zero attached hydrogens (tertiary/aromatic N) is 2. The molecule has 4 aromatic carbocycles. The molecule has 0 aromatic heterocycles. The lowest BCUT2D eigenvalue weighted by Gasteiger charge is -2.17. The number of carbonyl (C=O) groups is 2. The van der Waals surface area contributed by atoms with Gasteiger partial charge < -0.3 is 5.32 Å². The molecule has 0 spiro atoms. The molecule has 1 atom stereocenters. The average molecular weight is 494 g/mol. The van der Waals surface area contributed by atoms with Gasteiger partial charge in [0.15, 0.2) is 5.17 Å². The van der Waals surface area contributed by atoms with Gasteiger partial charge in [0, 0.05) is 17.5 Å². The van der Waals surface area contributed by atoms with Gasteiger partial charge >= 0.3 is 0 Å². The second-order valence-electron chi connectivity index (χ2n) is 8.96. The van der Waals surface area contributed by atoms with E-state index in [1.165, 1.54) is 17.3 Å². The van der Waals surface area contributed by atoms with Gasteiger partial charge in [-0.15, -0.1) is 0 Å². The lowest BCUT2D eigenvalue weighted by atomic mass is 10.1. The molecule has 1 aliphatic rings. The number of rotatable bonds is 6. The summed E-state index contributed by atoms with van der Waals surface area (Å²) >= 11 is 1.36. The number of fused-ring (bicyclic) bond motifs is 1. The van der Waals surface area contributed by atoms with E-state index in [0.29, 0.717) is 11.7 Å². The zero-order valence-electron chi connectivity index (χ0n) is 20.3. The lowest BCUT2D eigenvalue weighted by Crippen LogP contribution is -2.33. The minimum Gasteiger partial charge on any atom is -0.325 e. The molecule has 1 aliphatic heterocycles. The van der Waals surface area contributed by atoms with Crippen molar-refractivity contribution in [2.75, 3.05) is 5.32 Å². The number of anilines is 1. The van der Waals surface area contributed by atoms with Crippen LogP contribution >= 0.6 is 11.8 Å². The standard InChI is InChI=1S/C30H27N3O2S/c1-20-15-16-24(17-21(20)2)31-30-33(19-22-9-4-3-5-10-22)29(35)27(36-30)18-28(34)32-26-14-8-12-23-11-6-7-13-25(23)26/h3-17,27H,18-19H2,1-2H3,(H,32,34). The van der Waals surface area contributed by atoms with Gasteiger partial charge in [0.2, 0.25) is 11.8 Å². The van der Waals surface area contributed by atoms with Crippen LogP contribution in [0.4, 0.5) is 11.4 Å². The Morgan fingerprint density at radius 2 is 1.67 bits per heavy atom. The van der Waals surface area contributed by atoms with Crippen molar-refractivity contribution in [2.45, 2.75) is 32.1 Å². The predicted octanol–water partition coefficient (Wildman–Crippen LogP) is 6.62. The van der Waals surface area contributed by atoms with Crippen LogP contribution in [0, 0.1) is 13.8 Å². The average Bonchev–Trinajstić information content (AvgIpc) is 3.16. The van der Waals surface area contributed by atoms with Gasteiger partial charge in [-0.25, -0.2) is 4.99 Å². The van der Waals surface area contributed by atoms with E-state index in [1.807, 2.05) is 97.9 Å². The van der Waals surface area contributed by atoms with E-state index in [4.69, 9.17) is 4.99 Å². The fourth-order valence-corrected chi connectivity index (χ4v) is 5.40. The maximum Gasteiger partial charge on any atom is 0.242 e. The Balaban J connectivity index is 1.38. The third-order valence-corrected chi connectivity index (χ3v) is 7.53. The van der Waals surface area contributed by atoms with E-state index in [1.54, 1.807) is 4.90 Å². The summed E-state index contributed by atoms with van der Waals surface area (Å²) in [5.41, 5.74) is 4.90. The van der Waals surface area contributed by atoms with Crippen molar-refractivity contribution in [1.29, 1.82) is 0 Å². The quantitative estimate of drug-likeness (QED) is 0.328. The Labute approximate surface area is 215 Å². The first-order chi connectivity index (χ1) is 17.5. The monoisotopic (exact) mass is 493 g/mol. The van der Waals surface area contributed by atoms with Crippen LogP contribution in [0.2, 0.25) is 0 Å². The summed E-state index contributed by atoms with van der Waals surface area (Å²) in [5, 5.41) is 5.13. The molecule has 2 amide bonds. The number of amidine groups is 1. The number of hydrogen-bond donors (Lipinski definition) is 1. The summed E-state index contributed by atoms with van der Waals surface area (Å²) in [5.74, 6) is -0.288. The number of benzene rings is 4. The van der Waals surface area contributed by atoms with Crippen molar-refractivity contribution < 1.29 is 9.59 Å². The Kier molecular flexibility index (Phi) is 6.87. The molecule has 5 rings (SSSR count). The zero-order chi connectivity index (χ0) is 25.1.